The molecule has 0 radical (unpaired) electrons. The normalized spacial score (nSPS) is 9.12. The first-order valence-corrected chi connectivity index (χ1v) is 5.97. The van der Waals surface area contributed by atoms with Crippen molar-refractivity contribution in [1.29, 1.82) is 0 Å². The Balaban J connectivity index is 2.75. The summed E-state index contributed by atoms with van der Waals surface area (Å²) < 4.78 is 11.1. The summed E-state index contributed by atoms with van der Waals surface area (Å²) >= 11 is 3.36. The summed E-state index contributed by atoms with van der Waals surface area (Å²) in [5.41, 5.74) is 0.742. The molecule has 0 bridgehead atoms. The minimum absolute atomic E-state index is 0.103. The van der Waals surface area contributed by atoms with Gasteiger partial charge in [-0.3, -0.25) is 0 Å². The summed E-state index contributed by atoms with van der Waals surface area (Å²) in [5, 5.41) is 0. The van der Waals surface area contributed by atoms with Crippen LogP contribution in [0.2, 0.25) is 0 Å². The maximum Gasteiger partial charge on any atom is 0.344 e. The van der Waals surface area contributed by atoms with Gasteiger partial charge in [0, 0.05) is 4.47 Å². The first-order valence-electron chi connectivity index (χ1n) is 5.18. The Morgan fingerprint density at radius 1 is 1.47 bits per heavy atom. The fraction of sp³-hybridized carbons (Fsp3) is 0.308. The van der Waals surface area contributed by atoms with Crippen molar-refractivity contribution in [2.75, 3.05) is 13.2 Å². The van der Waals surface area contributed by atoms with Crippen LogP contribution in [0.15, 0.2) is 22.7 Å². The second-order valence-electron chi connectivity index (χ2n) is 3.11. The molecule has 0 fully saturated rings. The third-order valence-electron chi connectivity index (χ3n) is 1.85. The Hall–Kier alpha value is -1.47. The summed E-state index contributed by atoms with van der Waals surface area (Å²) in [6, 6.07) is 5.45. The van der Waals surface area contributed by atoms with Crippen LogP contribution < -0.4 is 4.74 Å². The summed E-state index contributed by atoms with van der Waals surface area (Å²) in [5.74, 6) is 5.91. The van der Waals surface area contributed by atoms with Crippen LogP contribution in [0.1, 0.15) is 19.4 Å². The summed E-state index contributed by atoms with van der Waals surface area (Å²) in [4.78, 5) is 11.2. The van der Waals surface area contributed by atoms with Crippen LogP contribution in [-0.4, -0.2) is 19.2 Å². The number of rotatable bonds is 4. The predicted molar refractivity (Wildman–Crippen MR) is 68.8 cm³/mol. The van der Waals surface area contributed by atoms with Gasteiger partial charge in [0.1, 0.15) is 5.75 Å². The fourth-order valence-corrected chi connectivity index (χ4v) is 1.56. The molecule has 0 saturated carbocycles. The van der Waals surface area contributed by atoms with Gasteiger partial charge in [-0.05, 0) is 32.0 Å². The number of esters is 1. The molecule has 90 valence electrons. The van der Waals surface area contributed by atoms with Crippen LogP contribution in [0, 0.1) is 11.8 Å². The molecule has 4 heteroatoms. The van der Waals surface area contributed by atoms with Crippen LogP contribution in [0.4, 0.5) is 0 Å². The van der Waals surface area contributed by atoms with Gasteiger partial charge in [-0.15, -0.1) is 5.92 Å². The van der Waals surface area contributed by atoms with E-state index in [1.165, 1.54) is 0 Å². The van der Waals surface area contributed by atoms with Gasteiger partial charge >= 0.3 is 5.97 Å². The van der Waals surface area contributed by atoms with Crippen molar-refractivity contribution in [2.45, 2.75) is 13.8 Å². The number of carbonyl (C=O) groups excluding carboxylic acids is 1. The number of hydrogen-bond acceptors (Lipinski definition) is 3. The maximum absolute atomic E-state index is 11.2. The topological polar surface area (TPSA) is 35.5 Å². The quantitative estimate of drug-likeness (QED) is 0.633. The molecule has 1 aromatic rings. The monoisotopic (exact) mass is 296 g/mol. The Kier molecular flexibility index (Phi) is 5.58. The molecule has 3 nitrogen and oxygen atoms in total. The standard InChI is InChI=1S/C13H13BrO3/c1-3-5-10-8-11(14)6-7-12(10)17-9-13(15)16-4-2/h6-8H,4,9H2,1-2H3. The molecule has 0 N–H and O–H groups in total. The van der Waals surface area contributed by atoms with E-state index < -0.39 is 0 Å². The molecule has 0 atom stereocenters. The summed E-state index contributed by atoms with van der Waals surface area (Å²) in [6.45, 7) is 3.75. The van der Waals surface area contributed by atoms with Gasteiger partial charge in [-0.2, -0.15) is 0 Å². The van der Waals surface area contributed by atoms with Gasteiger partial charge in [-0.25, -0.2) is 4.79 Å². The van der Waals surface area contributed by atoms with E-state index in [9.17, 15) is 4.79 Å². The predicted octanol–water partition coefficient (Wildman–Crippen LogP) is 2.76. The Morgan fingerprint density at radius 2 is 2.24 bits per heavy atom. The minimum atomic E-state index is -0.383. The van der Waals surface area contributed by atoms with Crippen LogP contribution in [0.3, 0.4) is 0 Å². The second-order valence-corrected chi connectivity index (χ2v) is 4.02. The van der Waals surface area contributed by atoms with Gasteiger partial charge in [0.05, 0.1) is 12.2 Å². The van der Waals surface area contributed by atoms with E-state index in [4.69, 9.17) is 9.47 Å². The molecule has 1 rings (SSSR count). The lowest BCUT2D eigenvalue weighted by Gasteiger charge is -2.08. The molecule has 0 amide bonds. The van der Waals surface area contributed by atoms with E-state index in [1.807, 2.05) is 12.1 Å². The lowest BCUT2D eigenvalue weighted by Crippen LogP contribution is -2.14. The van der Waals surface area contributed by atoms with Crippen molar-refractivity contribution >= 4 is 21.9 Å². The third-order valence-corrected chi connectivity index (χ3v) is 2.35. The number of halogens is 1. The number of ether oxygens (including phenoxy) is 2. The van der Waals surface area contributed by atoms with E-state index in [0.717, 1.165) is 10.0 Å². The van der Waals surface area contributed by atoms with Crippen molar-refractivity contribution in [3.05, 3.63) is 28.2 Å². The van der Waals surface area contributed by atoms with E-state index in [1.54, 1.807) is 19.9 Å². The van der Waals surface area contributed by atoms with Crippen molar-refractivity contribution in [3.63, 3.8) is 0 Å². The molecule has 0 aliphatic carbocycles. The first-order chi connectivity index (χ1) is 8.17. The van der Waals surface area contributed by atoms with Gasteiger partial charge < -0.3 is 9.47 Å². The van der Waals surface area contributed by atoms with E-state index in [2.05, 4.69) is 27.8 Å². The average molecular weight is 297 g/mol. The Bertz CT molecular complexity index is 457. The molecule has 0 unspecified atom stereocenters. The maximum atomic E-state index is 11.2. The van der Waals surface area contributed by atoms with Gasteiger partial charge in [0.15, 0.2) is 6.61 Å². The fourth-order valence-electron chi connectivity index (χ4n) is 1.20. The number of carbonyl (C=O) groups is 1. The highest BCUT2D eigenvalue weighted by Crippen LogP contribution is 2.22. The largest absolute Gasteiger partial charge is 0.481 e. The van der Waals surface area contributed by atoms with Crippen molar-refractivity contribution in [2.24, 2.45) is 0 Å². The third kappa shape index (κ3) is 4.49. The zero-order valence-electron chi connectivity index (χ0n) is 9.75. The highest BCUT2D eigenvalue weighted by Gasteiger charge is 2.06. The lowest BCUT2D eigenvalue weighted by atomic mass is 10.2. The van der Waals surface area contributed by atoms with Crippen LogP contribution in [-0.2, 0) is 9.53 Å². The van der Waals surface area contributed by atoms with E-state index >= 15 is 0 Å². The van der Waals surface area contributed by atoms with Crippen molar-refractivity contribution < 1.29 is 14.3 Å². The molecular formula is C13H13BrO3. The molecule has 0 heterocycles. The van der Waals surface area contributed by atoms with Crippen LogP contribution in [0.5, 0.6) is 5.75 Å². The summed E-state index contributed by atoms with van der Waals surface area (Å²) in [7, 11) is 0. The molecule has 17 heavy (non-hydrogen) atoms. The second kappa shape index (κ2) is 6.97. The van der Waals surface area contributed by atoms with E-state index in [0.29, 0.717) is 12.4 Å². The molecule has 0 aliphatic rings. The van der Waals surface area contributed by atoms with Gasteiger partial charge in [-0.1, -0.05) is 21.9 Å². The van der Waals surface area contributed by atoms with Gasteiger partial charge in [0.2, 0.25) is 0 Å². The molecule has 0 aromatic heterocycles. The summed E-state index contributed by atoms with van der Waals surface area (Å²) in [6.07, 6.45) is 0. The number of hydrogen-bond donors (Lipinski definition) is 0. The average Bonchev–Trinajstić information content (AvgIpc) is 2.29. The highest BCUT2D eigenvalue weighted by molar-refractivity contribution is 9.10. The first kappa shape index (κ1) is 13.6. The van der Waals surface area contributed by atoms with Crippen LogP contribution in [0.25, 0.3) is 0 Å². The number of benzene rings is 1. The molecule has 0 aliphatic heterocycles. The smallest absolute Gasteiger partial charge is 0.344 e. The van der Waals surface area contributed by atoms with Crippen molar-refractivity contribution in [3.8, 4) is 17.6 Å². The molecule has 1 aromatic carbocycles. The van der Waals surface area contributed by atoms with Gasteiger partial charge in [0.25, 0.3) is 0 Å². The zero-order valence-corrected chi connectivity index (χ0v) is 11.3. The van der Waals surface area contributed by atoms with Crippen LogP contribution >= 0.6 is 15.9 Å². The Morgan fingerprint density at radius 3 is 2.88 bits per heavy atom. The SMILES string of the molecule is CC#Cc1cc(Br)ccc1OCC(=O)OCC. The molecular weight excluding hydrogens is 284 g/mol. The van der Waals surface area contributed by atoms with Crippen molar-refractivity contribution in [1.82, 2.24) is 0 Å². The minimum Gasteiger partial charge on any atom is -0.481 e. The molecule has 0 spiro atoms. The zero-order chi connectivity index (χ0) is 12.7. The Labute approximate surface area is 109 Å². The lowest BCUT2D eigenvalue weighted by molar-refractivity contribution is -0.145. The highest BCUT2D eigenvalue weighted by atomic mass is 79.9. The molecule has 0 saturated heterocycles. The van der Waals surface area contributed by atoms with E-state index in [-0.39, 0.29) is 12.6 Å².